The smallest absolute Gasteiger partial charge is 0.303 e. The van der Waals surface area contributed by atoms with Gasteiger partial charge in [0.25, 0.3) is 0 Å². The number of rotatable bonds is 6. The number of carbonyl (C=O) groups is 2. The summed E-state index contributed by atoms with van der Waals surface area (Å²) in [7, 11) is 3.76. The zero-order valence-corrected chi connectivity index (χ0v) is 8.76. The molecule has 0 fully saturated rings. The van der Waals surface area contributed by atoms with Crippen LogP contribution < -0.4 is 0 Å². The predicted octanol–water partition coefficient (Wildman–Crippen LogP) is 0.794. The standard InChI is InChI=1S/C8H15NO3.ClH/c1-9(2)6-5-7(10)3-4-8(11)12;/h3-6H2,1-2H3,(H,11,12);1H. The summed E-state index contributed by atoms with van der Waals surface area (Å²) in [5.41, 5.74) is 0. The predicted molar refractivity (Wildman–Crippen MR) is 52.3 cm³/mol. The maximum Gasteiger partial charge on any atom is 0.303 e. The first-order chi connectivity index (χ1) is 5.52. The molecule has 13 heavy (non-hydrogen) atoms. The third-order valence-electron chi connectivity index (χ3n) is 1.46. The van der Waals surface area contributed by atoms with E-state index >= 15 is 0 Å². The lowest BCUT2D eigenvalue weighted by atomic mass is 10.1. The highest BCUT2D eigenvalue weighted by Gasteiger charge is 2.05. The van der Waals surface area contributed by atoms with E-state index in [1.54, 1.807) is 0 Å². The number of Topliss-reactive ketones (excluding diaryl/α,β-unsaturated/α-hetero) is 1. The SMILES string of the molecule is CN(C)CCC(=O)CCC(=O)O.Cl. The van der Waals surface area contributed by atoms with Crippen LogP contribution in [0.3, 0.4) is 0 Å². The van der Waals surface area contributed by atoms with Gasteiger partial charge in [0, 0.05) is 19.4 Å². The van der Waals surface area contributed by atoms with Gasteiger partial charge in [-0.3, -0.25) is 9.59 Å². The van der Waals surface area contributed by atoms with E-state index in [4.69, 9.17) is 5.11 Å². The molecule has 0 saturated heterocycles. The van der Waals surface area contributed by atoms with Crippen LogP contribution in [0.5, 0.6) is 0 Å². The van der Waals surface area contributed by atoms with Gasteiger partial charge in [0.05, 0.1) is 6.42 Å². The van der Waals surface area contributed by atoms with Gasteiger partial charge in [0.1, 0.15) is 5.78 Å². The van der Waals surface area contributed by atoms with Gasteiger partial charge in [0.2, 0.25) is 0 Å². The second kappa shape index (κ2) is 8.01. The fourth-order valence-electron chi connectivity index (χ4n) is 0.720. The molecule has 0 aliphatic heterocycles. The zero-order valence-electron chi connectivity index (χ0n) is 7.95. The summed E-state index contributed by atoms with van der Waals surface area (Å²) in [5, 5.41) is 8.28. The van der Waals surface area contributed by atoms with E-state index in [9.17, 15) is 9.59 Å². The highest BCUT2D eigenvalue weighted by atomic mass is 35.5. The van der Waals surface area contributed by atoms with Crippen LogP contribution in [0.25, 0.3) is 0 Å². The maximum absolute atomic E-state index is 11.0. The highest BCUT2D eigenvalue weighted by molar-refractivity contribution is 5.85. The number of aliphatic carboxylic acids is 1. The number of hydrogen-bond acceptors (Lipinski definition) is 3. The van der Waals surface area contributed by atoms with Crippen LogP contribution in [0.2, 0.25) is 0 Å². The van der Waals surface area contributed by atoms with E-state index in [0.717, 1.165) is 0 Å². The molecule has 78 valence electrons. The molecule has 1 N–H and O–H groups in total. The molecule has 0 aromatic rings. The molecule has 0 unspecified atom stereocenters. The van der Waals surface area contributed by atoms with Gasteiger partial charge in [-0.25, -0.2) is 0 Å². The molecule has 0 rings (SSSR count). The van der Waals surface area contributed by atoms with Gasteiger partial charge in [-0.05, 0) is 14.1 Å². The Morgan fingerprint density at radius 1 is 1.15 bits per heavy atom. The molecule has 0 spiro atoms. The summed E-state index contributed by atoms with van der Waals surface area (Å²) in [6, 6.07) is 0. The number of carboxylic acids is 1. The van der Waals surface area contributed by atoms with Gasteiger partial charge in [-0.1, -0.05) is 0 Å². The fraction of sp³-hybridized carbons (Fsp3) is 0.750. The minimum atomic E-state index is -0.909. The lowest BCUT2D eigenvalue weighted by Gasteiger charge is -2.07. The van der Waals surface area contributed by atoms with Crippen molar-refractivity contribution in [2.45, 2.75) is 19.3 Å². The summed E-state index contributed by atoms with van der Waals surface area (Å²) in [4.78, 5) is 22.9. The summed E-state index contributed by atoms with van der Waals surface area (Å²) in [6.45, 7) is 0.693. The molecule has 0 saturated carbocycles. The average molecular weight is 210 g/mol. The molecule has 0 aliphatic rings. The molecule has 0 radical (unpaired) electrons. The third kappa shape index (κ3) is 11.4. The van der Waals surface area contributed by atoms with Crippen LogP contribution in [0.4, 0.5) is 0 Å². The Labute approximate surface area is 84.3 Å². The molecular weight excluding hydrogens is 194 g/mol. The largest absolute Gasteiger partial charge is 0.481 e. The molecule has 4 nitrogen and oxygen atoms in total. The van der Waals surface area contributed by atoms with E-state index in [1.807, 2.05) is 19.0 Å². The molecular formula is C8H16ClNO3. The van der Waals surface area contributed by atoms with E-state index in [2.05, 4.69) is 0 Å². The number of ketones is 1. The summed E-state index contributed by atoms with van der Waals surface area (Å²) in [6.07, 6.45) is 0.551. The maximum atomic E-state index is 11.0. The van der Waals surface area contributed by atoms with Crippen molar-refractivity contribution in [2.24, 2.45) is 0 Å². The third-order valence-corrected chi connectivity index (χ3v) is 1.46. The average Bonchev–Trinajstić information content (AvgIpc) is 1.96. The molecule has 5 heteroatoms. The van der Waals surface area contributed by atoms with Gasteiger partial charge < -0.3 is 10.0 Å². The first-order valence-electron chi connectivity index (χ1n) is 3.90. The lowest BCUT2D eigenvalue weighted by Crippen LogP contribution is -2.16. The van der Waals surface area contributed by atoms with Crippen LogP contribution in [-0.2, 0) is 9.59 Å². The van der Waals surface area contributed by atoms with Gasteiger partial charge in [-0.2, -0.15) is 0 Å². The van der Waals surface area contributed by atoms with Crippen molar-refractivity contribution in [2.75, 3.05) is 20.6 Å². The van der Waals surface area contributed by atoms with Crippen molar-refractivity contribution >= 4 is 24.2 Å². The van der Waals surface area contributed by atoms with Crippen molar-refractivity contribution in [3.63, 3.8) is 0 Å². The summed E-state index contributed by atoms with van der Waals surface area (Å²) < 4.78 is 0. The quantitative estimate of drug-likeness (QED) is 0.703. The first-order valence-corrected chi connectivity index (χ1v) is 3.90. The van der Waals surface area contributed by atoms with Gasteiger partial charge in [0.15, 0.2) is 0 Å². The molecule has 0 amide bonds. The zero-order chi connectivity index (χ0) is 9.56. The van der Waals surface area contributed by atoms with E-state index in [1.165, 1.54) is 0 Å². The van der Waals surface area contributed by atoms with Crippen LogP contribution in [0.15, 0.2) is 0 Å². The Kier molecular flexibility index (Phi) is 9.17. The highest BCUT2D eigenvalue weighted by Crippen LogP contribution is 1.95. The van der Waals surface area contributed by atoms with Gasteiger partial charge in [-0.15, -0.1) is 12.4 Å². The molecule has 0 aromatic heterocycles. The Bertz CT molecular complexity index is 171. The molecule has 0 aromatic carbocycles. The molecule has 0 aliphatic carbocycles. The van der Waals surface area contributed by atoms with Crippen LogP contribution in [0, 0.1) is 0 Å². The summed E-state index contributed by atoms with van der Waals surface area (Å²) >= 11 is 0. The molecule has 0 bridgehead atoms. The van der Waals surface area contributed by atoms with E-state index in [-0.39, 0.29) is 31.0 Å². The Hall–Kier alpha value is -0.610. The number of carbonyl (C=O) groups excluding carboxylic acids is 1. The Balaban J connectivity index is 0. The molecule has 0 atom stereocenters. The topological polar surface area (TPSA) is 57.6 Å². The normalized spacial score (nSPS) is 9.46. The minimum Gasteiger partial charge on any atom is -0.481 e. The second-order valence-electron chi connectivity index (χ2n) is 2.99. The summed E-state index contributed by atoms with van der Waals surface area (Å²) in [5.74, 6) is -0.890. The van der Waals surface area contributed by atoms with Gasteiger partial charge >= 0.3 is 5.97 Å². The van der Waals surface area contributed by atoms with Crippen molar-refractivity contribution in [1.29, 1.82) is 0 Å². The minimum absolute atomic E-state index is 0. The fourth-order valence-corrected chi connectivity index (χ4v) is 0.720. The van der Waals surface area contributed by atoms with E-state index in [0.29, 0.717) is 13.0 Å². The van der Waals surface area contributed by atoms with Crippen LogP contribution in [0.1, 0.15) is 19.3 Å². The monoisotopic (exact) mass is 209 g/mol. The van der Waals surface area contributed by atoms with Crippen LogP contribution in [-0.4, -0.2) is 42.4 Å². The van der Waals surface area contributed by atoms with Crippen molar-refractivity contribution < 1.29 is 14.7 Å². The Morgan fingerprint density at radius 2 is 1.69 bits per heavy atom. The molecule has 0 heterocycles. The lowest BCUT2D eigenvalue weighted by molar-refractivity contribution is -0.138. The Morgan fingerprint density at radius 3 is 2.08 bits per heavy atom. The number of carboxylic acid groups (broad SMARTS) is 1. The second-order valence-corrected chi connectivity index (χ2v) is 2.99. The van der Waals surface area contributed by atoms with Crippen molar-refractivity contribution in [3.05, 3.63) is 0 Å². The number of nitrogens with zero attached hydrogens (tertiary/aromatic N) is 1. The number of halogens is 1. The number of hydrogen-bond donors (Lipinski definition) is 1. The van der Waals surface area contributed by atoms with Crippen molar-refractivity contribution in [3.8, 4) is 0 Å². The van der Waals surface area contributed by atoms with Crippen molar-refractivity contribution in [1.82, 2.24) is 4.90 Å². The first kappa shape index (κ1) is 14.9. The van der Waals surface area contributed by atoms with E-state index < -0.39 is 5.97 Å². The van der Waals surface area contributed by atoms with Crippen LogP contribution >= 0.6 is 12.4 Å².